The van der Waals surface area contributed by atoms with E-state index in [1.54, 1.807) is 6.07 Å². The van der Waals surface area contributed by atoms with Crippen molar-refractivity contribution in [1.29, 1.82) is 0 Å². The fourth-order valence-electron chi connectivity index (χ4n) is 4.98. The van der Waals surface area contributed by atoms with E-state index in [0.717, 1.165) is 31.2 Å². The Labute approximate surface area is 223 Å². The van der Waals surface area contributed by atoms with Crippen LogP contribution in [0.3, 0.4) is 0 Å². The zero-order chi connectivity index (χ0) is 28.1. The number of esters is 1. The molecule has 2 aromatic carbocycles. The molecular weight excluding hydrogens is 519 g/mol. The second-order valence-corrected chi connectivity index (χ2v) is 12.5. The summed E-state index contributed by atoms with van der Waals surface area (Å²) >= 11 is 0. The first-order valence-corrected chi connectivity index (χ1v) is 14.1. The molecule has 0 aliphatic heterocycles. The zero-order valence-electron chi connectivity index (χ0n) is 22.3. The highest BCUT2D eigenvalue weighted by molar-refractivity contribution is 7.88. The molecule has 0 radical (unpaired) electrons. The summed E-state index contributed by atoms with van der Waals surface area (Å²) in [6, 6.07) is 14.2. The summed E-state index contributed by atoms with van der Waals surface area (Å²) in [5.41, 5.74) is -3.78. The van der Waals surface area contributed by atoms with Crippen LogP contribution in [-0.2, 0) is 39.2 Å². The molecule has 0 aromatic heterocycles. The monoisotopic (exact) mass is 555 g/mol. The smallest absolute Gasteiger partial charge is 0.469 e. The fraction of sp³-hybridized carbons (Fsp3) is 0.536. The van der Waals surface area contributed by atoms with E-state index in [1.807, 2.05) is 30.3 Å². The molecular formula is C28H36F3NO5S. The Hall–Kier alpha value is -2.59. The van der Waals surface area contributed by atoms with Crippen molar-refractivity contribution in [2.24, 2.45) is 11.3 Å². The first-order valence-electron chi connectivity index (χ1n) is 12.7. The standard InChI is InChI=1S/C28H36F3NO5S/c1-27(2,3)23-12-14-24(15-13-23)32(18-20-8-6-5-7-9-20)19-22-11-10-21(17-26(33)36-4)16-25(22)37-38(34,35)28(29,30)31/h5-11,16,23-24H,12-15,17-19H2,1-4H3. The average Bonchev–Trinajstić information content (AvgIpc) is 2.84. The molecule has 2 aromatic rings. The van der Waals surface area contributed by atoms with Crippen LogP contribution >= 0.6 is 0 Å². The summed E-state index contributed by atoms with van der Waals surface area (Å²) in [7, 11) is -4.71. The summed E-state index contributed by atoms with van der Waals surface area (Å²) < 4.78 is 72.7. The molecule has 0 unspecified atom stereocenters. The number of halogens is 3. The molecule has 210 valence electrons. The minimum Gasteiger partial charge on any atom is -0.469 e. The quantitative estimate of drug-likeness (QED) is 0.207. The normalized spacial score (nSPS) is 18.8. The van der Waals surface area contributed by atoms with Crippen LogP contribution in [0.25, 0.3) is 0 Å². The van der Waals surface area contributed by atoms with Gasteiger partial charge in [0.25, 0.3) is 0 Å². The zero-order valence-corrected chi connectivity index (χ0v) is 23.1. The Kier molecular flexibility index (Phi) is 9.52. The second kappa shape index (κ2) is 12.1. The van der Waals surface area contributed by atoms with Gasteiger partial charge in [-0.2, -0.15) is 21.6 Å². The third kappa shape index (κ3) is 7.96. The SMILES string of the molecule is COC(=O)Cc1ccc(CN(Cc2ccccc2)C2CCC(C(C)(C)C)CC2)c(OS(=O)(=O)C(F)(F)F)c1. The predicted molar refractivity (Wildman–Crippen MR) is 139 cm³/mol. The van der Waals surface area contributed by atoms with E-state index < -0.39 is 27.3 Å². The van der Waals surface area contributed by atoms with Crippen molar-refractivity contribution in [3.05, 3.63) is 65.2 Å². The van der Waals surface area contributed by atoms with Gasteiger partial charge in [0.2, 0.25) is 0 Å². The van der Waals surface area contributed by atoms with E-state index in [9.17, 15) is 26.4 Å². The van der Waals surface area contributed by atoms with E-state index in [4.69, 9.17) is 0 Å². The Morgan fingerprint density at radius 2 is 1.58 bits per heavy atom. The lowest BCUT2D eigenvalue weighted by Gasteiger charge is -2.41. The van der Waals surface area contributed by atoms with E-state index in [0.29, 0.717) is 18.0 Å². The maximum absolute atomic E-state index is 13.2. The van der Waals surface area contributed by atoms with Gasteiger partial charge in [0.1, 0.15) is 5.75 Å². The minimum atomic E-state index is -5.90. The summed E-state index contributed by atoms with van der Waals surface area (Å²) in [6.45, 7) is 7.43. The third-order valence-corrected chi connectivity index (χ3v) is 8.20. The number of rotatable bonds is 9. The van der Waals surface area contributed by atoms with Gasteiger partial charge < -0.3 is 8.92 Å². The molecule has 0 saturated heterocycles. The molecule has 0 heterocycles. The average molecular weight is 556 g/mol. The van der Waals surface area contributed by atoms with Gasteiger partial charge in [-0.1, -0.05) is 63.2 Å². The molecule has 0 N–H and O–H groups in total. The van der Waals surface area contributed by atoms with Gasteiger partial charge in [-0.25, -0.2) is 0 Å². The fourth-order valence-corrected chi connectivity index (χ4v) is 5.47. The number of carbonyl (C=O) groups excluding carboxylic acids is 1. The van der Waals surface area contributed by atoms with Gasteiger partial charge in [-0.3, -0.25) is 9.69 Å². The Morgan fingerprint density at radius 3 is 2.13 bits per heavy atom. The van der Waals surface area contributed by atoms with Crippen molar-refractivity contribution < 1.29 is 35.3 Å². The number of nitrogens with zero attached hydrogens (tertiary/aromatic N) is 1. The topological polar surface area (TPSA) is 72.9 Å². The minimum absolute atomic E-state index is 0.163. The number of benzene rings is 2. The third-order valence-electron chi connectivity index (χ3n) is 7.23. The van der Waals surface area contributed by atoms with Crippen LogP contribution in [0, 0.1) is 11.3 Å². The van der Waals surface area contributed by atoms with Crippen molar-refractivity contribution in [1.82, 2.24) is 4.90 Å². The van der Waals surface area contributed by atoms with E-state index in [-0.39, 0.29) is 30.0 Å². The number of alkyl halides is 3. The molecule has 1 aliphatic carbocycles. The molecule has 3 rings (SSSR count). The number of methoxy groups -OCH3 is 1. The van der Waals surface area contributed by atoms with Crippen LogP contribution in [0.5, 0.6) is 5.75 Å². The van der Waals surface area contributed by atoms with Gasteiger partial charge in [0.05, 0.1) is 13.5 Å². The summed E-state index contributed by atoms with van der Waals surface area (Å²) in [5.74, 6) is -0.473. The van der Waals surface area contributed by atoms with E-state index in [2.05, 4.69) is 34.6 Å². The van der Waals surface area contributed by atoms with Gasteiger partial charge in [-0.05, 0) is 54.2 Å². The van der Waals surface area contributed by atoms with Crippen molar-refractivity contribution in [2.45, 2.75) is 77.5 Å². The summed E-state index contributed by atoms with van der Waals surface area (Å²) in [4.78, 5) is 13.9. The van der Waals surface area contributed by atoms with Crippen LogP contribution in [0.15, 0.2) is 48.5 Å². The number of hydrogen-bond donors (Lipinski definition) is 0. The highest BCUT2D eigenvalue weighted by atomic mass is 32.2. The van der Waals surface area contributed by atoms with Gasteiger partial charge >= 0.3 is 21.6 Å². The molecule has 0 atom stereocenters. The molecule has 0 spiro atoms. The maximum atomic E-state index is 13.2. The molecule has 38 heavy (non-hydrogen) atoms. The van der Waals surface area contributed by atoms with Crippen LogP contribution < -0.4 is 4.18 Å². The molecule has 1 fully saturated rings. The van der Waals surface area contributed by atoms with Crippen molar-refractivity contribution >= 4 is 16.1 Å². The summed E-state index contributed by atoms with van der Waals surface area (Å²) in [6.07, 6.45) is 3.68. The van der Waals surface area contributed by atoms with E-state index in [1.165, 1.54) is 19.2 Å². The Balaban J connectivity index is 1.94. The van der Waals surface area contributed by atoms with Crippen LogP contribution in [0.4, 0.5) is 13.2 Å². The molecule has 6 nitrogen and oxygen atoms in total. The van der Waals surface area contributed by atoms with Crippen molar-refractivity contribution in [3.8, 4) is 5.75 Å². The number of hydrogen-bond acceptors (Lipinski definition) is 6. The largest absolute Gasteiger partial charge is 0.534 e. The highest BCUT2D eigenvalue weighted by Crippen LogP contribution is 2.40. The summed E-state index contributed by atoms with van der Waals surface area (Å²) in [5, 5.41) is 0. The van der Waals surface area contributed by atoms with Gasteiger partial charge in [0.15, 0.2) is 0 Å². The molecule has 1 saturated carbocycles. The van der Waals surface area contributed by atoms with Gasteiger partial charge in [0, 0.05) is 24.7 Å². The Bertz CT molecular complexity index is 1190. The maximum Gasteiger partial charge on any atom is 0.534 e. The van der Waals surface area contributed by atoms with Crippen LogP contribution in [-0.4, -0.2) is 37.9 Å². The van der Waals surface area contributed by atoms with E-state index >= 15 is 0 Å². The first-order chi connectivity index (χ1) is 17.7. The number of carbonyl (C=O) groups is 1. The van der Waals surface area contributed by atoms with Crippen molar-refractivity contribution in [2.75, 3.05) is 7.11 Å². The van der Waals surface area contributed by atoms with Crippen molar-refractivity contribution in [3.63, 3.8) is 0 Å². The predicted octanol–water partition coefficient (Wildman–Crippen LogP) is 6.24. The van der Waals surface area contributed by atoms with Gasteiger partial charge in [-0.15, -0.1) is 0 Å². The molecule has 1 aliphatic rings. The molecule has 10 heteroatoms. The lowest BCUT2D eigenvalue weighted by Crippen LogP contribution is -2.39. The highest BCUT2D eigenvalue weighted by Gasteiger charge is 2.49. The van der Waals surface area contributed by atoms with Crippen LogP contribution in [0.2, 0.25) is 0 Å². The number of ether oxygens (including phenoxy) is 1. The Morgan fingerprint density at radius 1 is 0.947 bits per heavy atom. The second-order valence-electron chi connectivity index (χ2n) is 10.9. The van der Waals surface area contributed by atoms with Crippen LogP contribution in [0.1, 0.15) is 63.1 Å². The molecule has 0 amide bonds. The lowest BCUT2D eigenvalue weighted by molar-refractivity contribution is -0.139. The molecule has 0 bridgehead atoms. The lowest BCUT2D eigenvalue weighted by atomic mass is 9.71. The first kappa shape index (κ1) is 30.0.